The Morgan fingerprint density at radius 3 is 3.22 bits per heavy atom. The molecule has 0 radical (unpaired) electrons. The fourth-order valence-electron chi connectivity index (χ4n) is 3.05. The van der Waals surface area contributed by atoms with E-state index in [1.54, 1.807) is 6.20 Å². The smallest absolute Gasteiger partial charge is 0.145 e. The van der Waals surface area contributed by atoms with Crippen LogP contribution in [0.1, 0.15) is 24.8 Å². The number of hydrogen-bond donors (Lipinski definition) is 1. The fourth-order valence-corrected chi connectivity index (χ4v) is 3.05. The number of hydrogen-bond acceptors (Lipinski definition) is 3. The summed E-state index contributed by atoms with van der Waals surface area (Å²) in [7, 11) is 0. The Kier molecular flexibility index (Phi) is 3.15. The number of ether oxygens (including phenoxy) is 1. The molecule has 0 aromatic carbocycles. The van der Waals surface area contributed by atoms with Crippen LogP contribution in [0.5, 0.6) is 5.75 Å². The van der Waals surface area contributed by atoms with Gasteiger partial charge in [-0.3, -0.25) is 4.98 Å². The largest absolute Gasteiger partial charge is 0.464 e. The van der Waals surface area contributed by atoms with Crippen LogP contribution >= 0.6 is 0 Å². The summed E-state index contributed by atoms with van der Waals surface area (Å²) < 4.78 is 5.30. The second-order valence-corrected chi connectivity index (χ2v) is 4.91. The van der Waals surface area contributed by atoms with Crippen molar-refractivity contribution < 1.29 is 4.74 Å². The van der Waals surface area contributed by atoms with Crippen LogP contribution in [0.15, 0.2) is 37.4 Å². The molecule has 0 bridgehead atoms. The Labute approximate surface area is 108 Å². The SMILES string of the molecule is C=COc1cncc(C2=CCC[C@@H]3CCN[C@H]23)c1. The first-order chi connectivity index (χ1) is 8.88. The summed E-state index contributed by atoms with van der Waals surface area (Å²) in [5.41, 5.74) is 2.55. The second kappa shape index (κ2) is 4.94. The zero-order valence-electron chi connectivity index (χ0n) is 10.4. The van der Waals surface area contributed by atoms with E-state index < -0.39 is 0 Å². The van der Waals surface area contributed by atoms with E-state index in [1.165, 1.54) is 36.7 Å². The van der Waals surface area contributed by atoms with Crippen molar-refractivity contribution in [2.24, 2.45) is 5.92 Å². The number of aromatic nitrogens is 1. The number of allylic oxidation sites excluding steroid dienone is 1. The molecular weight excluding hydrogens is 224 g/mol. The molecule has 0 amide bonds. The van der Waals surface area contributed by atoms with Gasteiger partial charge >= 0.3 is 0 Å². The van der Waals surface area contributed by atoms with E-state index in [0.717, 1.165) is 18.2 Å². The minimum atomic E-state index is 0.500. The van der Waals surface area contributed by atoms with Crippen molar-refractivity contribution in [2.75, 3.05) is 6.54 Å². The standard InChI is InChI=1S/C15H18N2O/c1-2-18-13-8-12(9-16-10-13)14-5-3-4-11-6-7-17-15(11)14/h2,5,8-11,15,17H,1,3-4,6-7H2/t11-,15+/m1/s1. The van der Waals surface area contributed by atoms with Crippen molar-refractivity contribution in [2.45, 2.75) is 25.3 Å². The molecule has 3 rings (SSSR count). The van der Waals surface area contributed by atoms with Crippen molar-refractivity contribution >= 4 is 5.57 Å². The van der Waals surface area contributed by atoms with Gasteiger partial charge in [-0.05, 0) is 43.4 Å². The Morgan fingerprint density at radius 2 is 2.33 bits per heavy atom. The highest BCUT2D eigenvalue weighted by Crippen LogP contribution is 2.36. The molecule has 2 atom stereocenters. The van der Waals surface area contributed by atoms with Gasteiger partial charge in [-0.15, -0.1) is 0 Å². The molecule has 1 aromatic rings. The molecule has 0 saturated carbocycles. The lowest BCUT2D eigenvalue weighted by Gasteiger charge is -2.27. The van der Waals surface area contributed by atoms with Crippen molar-refractivity contribution in [3.63, 3.8) is 0 Å². The molecule has 18 heavy (non-hydrogen) atoms. The van der Waals surface area contributed by atoms with Crippen LogP contribution in [0.2, 0.25) is 0 Å². The Balaban J connectivity index is 1.91. The molecule has 3 heteroatoms. The lowest BCUT2D eigenvalue weighted by Crippen LogP contribution is -2.30. The van der Waals surface area contributed by atoms with Gasteiger partial charge in [0, 0.05) is 17.8 Å². The number of nitrogens with one attached hydrogen (secondary N) is 1. The third-order valence-corrected chi connectivity index (χ3v) is 3.85. The minimum Gasteiger partial charge on any atom is -0.464 e. The minimum absolute atomic E-state index is 0.500. The predicted molar refractivity (Wildman–Crippen MR) is 72.2 cm³/mol. The van der Waals surface area contributed by atoms with E-state index in [1.807, 2.05) is 12.3 Å². The number of fused-ring (bicyclic) bond motifs is 1. The van der Waals surface area contributed by atoms with E-state index in [2.05, 4.69) is 23.0 Å². The van der Waals surface area contributed by atoms with E-state index in [9.17, 15) is 0 Å². The maximum Gasteiger partial charge on any atom is 0.145 e. The zero-order valence-corrected chi connectivity index (χ0v) is 10.4. The van der Waals surface area contributed by atoms with Crippen LogP contribution in [-0.2, 0) is 0 Å². The summed E-state index contributed by atoms with van der Waals surface area (Å²) in [4.78, 5) is 4.25. The third kappa shape index (κ3) is 2.06. The highest BCUT2D eigenvalue weighted by atomic mass is 16.5. The van der Waals surface area contributed by atoms with Gasteiger partial charge in [0.1, 0.15) is 5.75 Å². The van der Waals surface area contributed by atoms with Crippen molar-refractivity contribution in [1.82, 2.24) is 10.3 Å². The van der Waals surface area contributed by atoms with Crippen LogP contribution in [0, 0.1) is 5.92 Å². The van der Waals surface area contributed by atoms with Gasteiger partial charge < -0.3 is 10.1 Å². The normalized spacial score (nSPS) is 26.3. The summed E-state index contributed by atoms with van der Waals surface area (Å²) in [6, 6.07) is 2.54. The quantitative estimate of drug-likeness (QED) is 0.828. The fraction of sp³-hybridized carbons (Fsp3) is 0.400. The first kappa shape index (κ1) is 11.5. The summed E-state index contributed by atoms with van der Waals surface area (Å²) in [5, 5.41) is 3.60. The molecule has 1 aliphatic carbocycles. The summed E-state index contributed by atoms with van der Waals surface area (Å²) >= 11 is 0. The van der Waals surface area contributed by atoms with Crippen LogP contribution in [-0.4, -0.2) is 17.6 Å². The Morgan fingerprint density at radius 1 is 1.39 bits per heavy atom. The summed E-state index contributed by atoms with van der Waals surface area (Å²) in [5.74, 6) is 1.54. The van der Waals surface area contributed by atoms with Gasteiger partial charge in [0.15, 0.2) is 0 Å². The van der Waals surface area contributed by atoms with Crippen LogP contribution in [0.3, 0.4) is 0 Å². The Hall–Kier alpha value is -1.61. The average Bonchev–Trinajstić information content (AvgIpc) is 2.87. The van der Waals surface area contributed by atoms with Gasteiger partial charge in [-0.25, -0.2) is 0 Å². The molecule has 1 aromatic heterocycles. The van der Waals surface area contributed by atoms with Gasteiger partial charge in [0.25, 0.3) is 0 Å². The van der Waals surface area contributed by atoms with E-state index >= 15 is 0 Å². The molecule has 0 unspecified atom stereocenters. The molecule has 94 valence electrons. The molecule has 1 saturated heterocycles. The molecule has 0 spiro atoms. The van der Waals surface area contributed by atoms with Crippen molar-refractivity contribution in [3.05, 3.63) is 42.9 Å². The topological polar surface area (TPSA) is 34.1 Å². The average molecular weight is 242 g/mol. The summed E-state index contributed by atoms with van der Waals surface area (Å²) in [6.07, 6.45) is 11.2. The first-order valence-electron chi connectivity index (χ1n) is 6.55. The van der Waals surface area contributed by atoms with Gasteiger partial charge in [-0.1, -0.05) is 12.7 Å². The number of rotatable bonds is 3. The molecular formula is C15H18N2O. The third-order valence-electron chi connectivity index (χ3n) is 3.85. The lowest BCUT2D eigenvalue weighted by atomic mass is 9.82. The van der Waals surface area contributed by atoms with E-state index in [4.69, 9.17) is 4.74 Å². The maximum atomic E-state index is 5.30. The van der Waals surface area contributed by atoms with Crippen molar-refractivity contribution in [1.29, 1.82) is 0 Å². The molecule has 2 heterocycles. The summed E-state index contributed by atoms with van der Waals surface area (Å²) in [6.45, 7) is 4.70. The van der Waals surface area contributed by atoms with Crippen LogP contribution < -0.4 is 10.1 Å². The molecule has 1 fully saturated rings. The molecule has 1 N–H and O–H groups in total. The number of nitrogens with zero attached hydrogens (tertiary/aromatic N) is 1. The molecule has 2 aliphatic rings. The predicted octanol–water partition coefficient (Wildman–Crippen LogP) is 2.76. The van der Waals surface area contributed by atoms with Crippen molar-refractivity contribution in [3.8, 4) is 5.75 Å². The molecule has 3 nitrogen and oxygen atoms in total. The zero-order chi connectivity index (χ0) is 12.4. The van der Waals surface area contributed by atoms with E-state index in [0.29, 0.717) is 6.04 Å². The van der Waals surface area contributed by atoms with Crippen LogP contribution in [0.25, 0.3) is 5.57 Å². The van der Waals surface area contributed by atoms with Crippen LogP contribution in [0.4, 0.5) is 0 Å². The van der Waals surface area contributed by atoms with Gasteiger partial charge in [0.2, 0.25) is 0 Å². The van der Waals surface area contributed by atoms with Gasteiger partial charge in [0.05, 0.1) is 12.5 Å². The number of pyridine rings is 1. The van der Waals surface area contributed by atoms with Gasteiger partial charge in [-0.2, -0.15) is 0 Å². The first-order valence-corrected chi connectivity index (χ1v) is 6.55. The lowest BCUT2D eigenvalue weighted by molar-refractivity contribution is 0.468. The Bertz CT molecular complexity index is 481. The van der Waals surface area contributed by atoms with E-state index in [-0.39, 0.29) is 0 Å². The maximum absolute atomic E-state index is 5.30. The highest BCUT2D eigenvalue weighted by molar-refractivity contribution is 5.71. The molecule has 1 aliphatic heterocycles. The monoisotopic (exact) mass is 242 g/mol. The highest BCUT2D eigenvalue weighted by Gasteiger charge is 2.32. The second-order valence-electron chi connectivity index (χ2n) is 4.91.